The number of halogens is 2. The molecule has 146 valence electrons. The fourth-order valence-electron chi connectivity index (χ4n) is 3.80. The molecular weight excluding hydrogens is 577 g/mol. The van der Waals surface area contributed by atoms with Crippen LogP contribution in [0.3, 0.4) is 0 Å². The van der Waals surface area contributed by atoms with E-state index in [2.05, 4.69) is 102 Å². The van der Waals surface area contributed by atoms with Crippen molar-refractivity contribution in [2.24, 2.45) is 0 Å². The molecule has 4 heteroatoms. The van der Waals surface area contributed by atoms with Crippen molar-refractivity contribution in [3.63, 3.8) is 0 Å². The van der Waals surface area contributed by atoms with E-state index < -0.39 is 0 Å². The molecule has 0 radical (unpaired) electrons. The van der Waals surface area contributed by atoms with Crippen LogP contribution in [0.1, 0.15) is 6.42 Å². The Balaban J connectivity index is 0.000000356. The van der Waals surface area contributed by atoms with Crippen molar-refractivity contribution in [2.75, 3.05) is 0 Å². The molecule has 0 N–H and O–H groups in total. The Kier molecular flexibility index (Phi) is 9.15. The smallest absolute Gasteiger partial charge is 1.00 e. The molecule has 0 saturated heterocycles. The maximum absolute atomic E-state index is 2.99. The summed E-state index contributed by atoms with van der Waals surface area (Å²) in [5.41, 5.74) is 3.76. The summed E-state index contributed by atoms with van der Waals surface area (Å²) < 4.78 is 2.37. The minimum atomic E-state index is 0. The van der Waals surface area contributed by atoms with Gasteiger partial charge in [0.2, 0.25) is 0 Å². The van der Waals surface area contributed by atoms with Gasteiger partial charge in [-0.1, -0.05) is 42.5 Å². The molecule has 30 heavy (non-hydrogen) atoms. The SMILES string of the molecule is [Br-].[Br-].[C-]1=CC=CC1.[Zr+4].c1ccc2[cH-]c(-n3c4ccccc4c4ccccc43)cc2c1. The number of hydrogen-bond acceptors (Lipinski definition) is 0. The van der Waals surface area contributed by atoms with Gasteiger partial charge in [0.1, 0.15) is 0 Å². The largest absolute Gasteiger partial charge is 4.00 e. The molecule has 0 amide bonds. The summed E-state index contributed by atoms with van der Waals surface area (Å²) in [4.78, 5) is 0. The van der Waals surface area contributed by atoms with Crippen molar-refractivity contribution >= 4 is 32.6 Å². The molecule has 1 aliphatic rings. The number of allylic oxidation sites excluding steroid dienone is 4. The van der Waals surface area contributed by atoms with Crippen LogP contribution in [0.5, 0.6) is 0 Å². The first kappa shape index (κ1) is 24.7. The molecule has 0 fully saturated rings. The summed E-state index contributed by atoms with van der Waals surface area (Å²) in [6, 6.07) is 30.3. The number of para-hydroxylation sites is 2. The molecule has 4 aromatic carbocycles. The summed E-state index contributed by atoms with van der Waals surface area (Å²) in [6.45, 7) is 0. The number of nitrogens with zero attached hydrogens (tertiary/aromatic N) is 1. The van der Waals surface area contributed by atoms with Crippen LogP contribution in [-0.2, 0) is 26.2 Å². The molecule has 1 aliphatic carbocycles. The van der Waals surface area contributed by atoms with E-state index in [-0.39, 0.29) is 60.2 Å². The second kappa shape index (κ2) is 11.1. The topological polar surface area (TPSA) is 4.93 Å². The third kappa shape index (κ3) is 4.67. The van der Waals surface area contributed by atoms with Crippen molar-refractivity contribution in [3.8, 4) is 5.69 Å². The predicted octanol–water partition coefficient (Wildman–Crippen LogP) is 0.967. The van der Waals surface area contributed by atoms with E-state index in [9.17, 15) is 0 Å². The molecule has 0 aliphatic heterocycles. The fraction of sp³-hybridized carbons (Fsp3) is 0.0385. The van der Waals surface area contributed by atoms with Gasteiger partial charge in [0, 0.05) is 10.8 Å². The number of fused-ring (bicyclic) bond motifs is 4. The molecule has 6 rings (SSSR count). The van der Waals surface area contributed by atoms with Crippen LogP contribution in [0.2, 0.25) is 0 Å². The van der Waals surface area contributed by atoms with Crippen LogP contribution in [0.4, 0.5) is 0 Å². The summed E-state index contributed by atoms with van der Waals surface area (Å²) in [5, 5.41) is 5.20. The van der Waals surface area contributed by atoms with E-state index in [4.69, 9.17) is 0 Å². The quantitative estimate of drug-likeness (QED) is 0.255. The minimum Gasteiger partial charge on any atom is -1.00 e. The van der Waals surface area contributed by atoms with Gasteiger partial charge in [-0.2, -0.15) is 6.08 Å². The molecule has 0 saturated carbocycles. The maximum Gasteiger partial charge on any atom is 4.00 e. The van der Waals surface area contributed by atoms with Gasteiger partial charge in [-0.15, -0.1) is 47.5 Å². The molecule has 5 aromatic rings. The zero-order valence-electron chi connectivity index (χ0n) is 16.2. The Morgan fingerprint density at radius 2 is 1.37 bits per heavy atom. The molecule has 1 nitrogen and oxygen atoms in total. The summed E-state index contributed by atoms with van der Waals surface area (Å²) in [7, 11) is 0. The second-order valence-corrected chi connectivity index (χ2v) is 6.72. The molecule has 0 spiro atoms. The first-order chi connectivity index (χ1) is 13.4. The van der Waals surface area contributed by atoms with Gasteiger partial charge < -0.3 is 38.5 Å². The number of aromatic nitrogens is 1. The van der Waals surface area contributed by atoms with Gasteiger partial charge in [-0.25, -0.2) is 12.2 Å². The summed E-state index contributed by atoms with van der Waals surface area (Å²) in [6.07, 6.45) is 10.0. The first-order valence-corrected chi connectivity index (χ1v) is 9.27. The molecule has 1 aromatic heterocycles. The standard InChI is InChI=1S/C21H14N.C5H5.2BrH.Zr/c1-2-8-16-14-17(13-15(16)7-1)22-20-11-5-3-9-18(20)19-10-4-6-12-21(19)22;1-2-4-5-3-1;;;/h1-14H;1-3H,4H2;2*1H;/q2*-1;;;+4/p-2. The average Bonchev–Trinajstić information content (AvgIpc) is 3.46. The van der Waals surface area contributed by atoms with E-state index in [0.29, 0.717) is 0 Å². The normalized spacial score (nSPS) is 11.5. The zero-order chi connectivity index (χ0) is 18.1. The Hall–Kier alpha value is -1.61. The van der Waals surface area contributed by atoms with Gasteiger partial charge in [0.15, 0.2) is 0 Å². The van der Waals surface area contributed by atoms with Crippen LogP contribution in [0.25, 0.3) is 38.3 Å². The average molecular weight is 596 g/mol. The first-order valence-electron chi connectivity index (χ1n) is 9.27. The fourth-order valence-corrected chi connectivity index (χ4v) is 3.80. The molecule has 0 atom stereocenters. The minimum absolute atomic E-state index is 0. The van der Waals surface area contributed by atoms with E-state index in [1.165, 1.54) is 38.3 Å². The molecule has 0 unspecified atom stereocenters. The monoisotopic (exact) mass is 593 g/mol. The maximum atomic E-state index is 2.99. The van der Waals surface area contributed by atoms with Crippen LogP contribution in [0, 0.1) is 6.08 Å². The van der Waals surface area contributed by atoms with E-state index >= 15 is 0 Å². The van der Waals surface area contributed by atoms with E-state index in [1.807, 2.05) is 12.2 Å². The van der Waals surface area contributed by atoms with Crippen molar-refractivity contribution < 1.29 is 60.2 Å². The van der Waals surface area contributed by atoms with Crippen molar-refractivity contribution in [1.82, 2.24) is 4.57 Å². The molecule has 0 bridgehead atoms. The van der Waals surface area contributed by atoms with Crippen LogP contribution in [-0.4, -0.2) is 4.57 Å². The van der Waals surface area contributed by atoms with Crippen molar-refractivity contribution in [2.45, 2.75) is 6.42 Å². The Morgan fingerprint density at radius 3 is 1.90 bits per heavy atom. The number of benzene rings is 3. The number of hydrogen-bond donors (Lipinski definition) is 0. The van der Waals surface area contributed by atoms with Gasteiger partial charge in [0.05, 0.1) is 11.0 Å². The second-order valence-electron chi connectivity index (χ2n) is 6.72. The predicted molar refractivity (Wildman–Crippen MR) is 115 cm³/mol. The van der Waals surface area contributed by atoms with Gasteiger partial charge in [-0.05, 0) is 17.8 Å². The van der Waals surface area contributed by atoms with Gasteiger partial charge >= 0.3 is 26.2 Å². The van der Waals surface area contributed by atoms with Crippen molar-refractivity contribution in [3.05, 3.63) is 109 Å². The Morgan fingerprint density at radius 1 is 0.767 bits per heavy atom. The van der Waals surface area contributed by atoms with E-state index in [0.717, 1.165) is 6.42 Å². The summed E-state index contributed by atoms with van der Waals surface area (Å²) >= 11 is 0. The third-order valence-electron chi connectivity index (χ3n) is 5.03. The zero-order valence-corrected chi connectivity index (χ0v) is 21.9. The van der Waals surface area contributed by atoms with Crippen LogP contribution >= 0.6 is 0 Å². The van der Waals surface area contributed by atoms with Gasteiger partial charge in [0.25, 0.3) is 0 Å². The third-order valence-corrected chi connectivity index (χ3v) is 5.03. The number of rotatable bonds is 1. The van der Waals surface area contributed by atoms with Crippen molar-refractivity contribution in [1.29, 1.82) is 0 Å². The summed E-state index contributed by atoms with van der Waals surface area (Å²) in [5.74, 6) is 0. The molecule has 1 heterocycles. The van der Waals surface area contributed by atoms with Crippen LogP contribution < -0.4 is 34.0 Å². The Bertz CT molecular complexity index is 1210. The van der Waals surface area contributed by atoms with E-state index in [1.54, 1.807) is 0 Å². The Labute approximate surface area is 217 Å². The molecular formula is C26H19Br2NZr. The van der Waals surface area contributed by atoms with Gasteiger partial charge in [-0.3, -0.25) is 6.08 Å². The van der Waals surface area contributed by atoms with Crippen LogP contribution in [0.15, 0.2) is 103 Å².